The van der Waals surface area contributed by atoms with Gasteiger partial charge in [-0.2, -0.15) is 0 Å². The first-order valence-electron chi connectivity index (χ1n) is 7.01. The number of hydrogen-bond acceptors (Lipinski definition) is 4. The predicted octanol–water partition coefficient (Wildman–Crippen LogP) is 0.452. The maximum absolute atomic E-state index is 11.3. The molecule has 0 atom stereocenters. The van der Waals surface area contributed by atoms with Crippen molar-refractivity contribution in [3.05, 3.63) is 29.8 Å². The molecule has 0 bridgehead atoms. The van der Waals surface area contributed by atoms with Crippen molar-refractivity contribution in [1.82, 2.24) is 4.90 Å². The average molecular weight is 310 g/mol. The molecule has 1 saturated heterocycles. The Kier molecular flexibility index (Phi) is 5.19. The molecule has 1 aliphatic heterocycles. The summed E-state index contributed by atoms with van der Waals surface area (Å²) in [5.74, 6) is 0.866. The van der Waals surface area contributed by atoms with Crippen LogP contribution >= 0.6 is 0 Å². The van der Waals surface area contributed by atoms with Crippen LogP contribution in [0.25, 0.3) is 0 Å². The number of sulfone groups is 1. The number of nitrogens with zero attached hydrogens (tertiary/aromatic N) is 2. The van der Waals surface area contributed by atoms with Crippen molar-refractivity contribution in [3.63, 3.8) is 0 Å². The number of benzene rings is 1. The monoisotopic (exact) mass is 310 g/mol. The Hall–Kier alpha value is -1.60. The Balaban J connectivity index is 1.75. The third-order valence-corrected chi connectivity index (χ3v) is 5.07. The minimum atomic E-state index is -2.82. The highest BCUT2D eigenvalue weighted by Crippen LogP contribution is 2.08. The van der Waals surface area contributed by atoms with Crippen LogP contribution in [-0.2, 0) is 9.84 Å². The maximum Gasteiger partial charge on any atom is 0.193 e. The van der Waals surface area contributed by atoms with Gasteiger partial charge in [0, 0.05) is 25.3 Å². The lowest BCUT2D eigenvalue weighted by molar-refractivity contribution is 0.304. The number of rotatable bonds is 4. The van der Waals surface area contributed by atoms with Crippen molar-refractivity contribution in [2.45, 2.75) is 6.92 Å². The van der Waals surface area contributed by atoms with Gasteiger partial charge in [0.1, 0.15) is 0 Å². The van der Waals surface area contributed by atoms with Gasteiger partial charge in [-0.05, 0) is 19.1 Å². The number of anilines is 1. The SMILES string of the molecule is Cc1ccc(NC(N)=NCCN2CCS(=O)(=O)CC2)cc1. The molecule has 21 heavy (non-hydrogen) atoms. The Bertz CT molecular complexity index is 582. The number of hydrogen-bond donors (Lipinski definition) is 2. The number of aryl methyl sites for hydroxylation is 1. The van der Waals surface area contributed by atoms with Gasteiger partial charge in [0.25, 0.3) is 0 Å². The van der Waals surface area contributed by atoms with E-state index in [-0.39, 0.29) is 11.5 Å². The van der Waals surface area contributed by atoms with Gasteiger partial charge in [-0.25, -0.2) is 8.42 Å². The van der Waals surface area contributed by atoms with E-state index < -0.39 is 9.84 Å². The Morgan fingerprint density at radius 1 is 1.29 bits per heavy atom. The van der Waals surface area contributed by atoms with E-state index in [0.717, 1.165) is 12.2 Å². The predicted molar refractivity (Wildman–Crippen MR) is 86.4 cm³/mol. The van der Waals surface area contributed by atoms with Crippen LogP contribution in [-0.4, -0.2) is 57.0 Å². The number of aliphatic imine (C=N–C) groups is 1. The second kappa shape index (κ2) is 6.91. The van der Waals surface area contributed by atoms with Crippen LogP contribution in [0.2, 0.25) is 0 Å². The summed E-state index contributed by atoms with van der Waals surface area (Å²) in [6, 6.07) is 7.91. The molecule has 116 valence electrons. The lowest BCUT2D eigenvalue weighted by Crippen LogP contribution is -2.41. The van der Waals surface area contributed by atoms with E-state index in [1.54, 1.807) is 0 Å². The van der Waals surface area contributed by atoms with Crippen LogP contribution in [0.5, 0.6) is 0 Å². The van der Waals surface area contributed by atoms with Crippen LogP contribution in [0.1, 0.15) is 5.56 Å². The van der Waals surface area contributed by atoms with Gasteiger partial charge in [0.15, 0.2) is 15.8 Å². The van der Waals surface area contributed by atoms with E-state index in [0.29, 0.717) is 25.6 Å². The van der Waals surface area contributed by atoms with E-state index in [4.69, 9.17) is 5.73 Å². The molecular formula is C14H22N4O2S. The van der Waals surface area contributed by atoms with Gasteiger partial charge in [0.05, 0.1) is 18.1 Å². The van der Waals surface area contributed by atoms with Crippen molar-refractivity contribution in [3.8, 4) is 0 Å². The zero-order chi connectivity index (χ0) is 15.3. The molecule has 0 radical (unpaired) electrons. The summed E-state index contributed by atoms with van der Waals surface area (Å²) in [5.41, 5.74) is 7.93. The number of nitrogens with one attached hydrogen (secondary N) is 1. The van der Waals surface area contributed by atoms with E-state index in [9.17, 15) is 8.42 Å². The molecule has 7 heteroatoms. The quantitative estimate of drug-likeness (QED) is 0.623. The zero-order valence-corrected chi connectivity index (χ0v) is 13.1. The lowest BCUT2D eigenvalue weighted by Gasteiger charge is -2.25. The Morgan fingerprint density at radius 2 is 1.90 bits per heavy atom. The Labute approximate surface area is 126 Å². The van der Waals surface area contributed by atoms with Gasteiger partial charge in [-0.15, -0.1) is 0 Å². The molecule has 0 spiro atoms. The molecule has 0 aliphatic carbocycles. The van der Waals surface area contributed by atoms with E-state index >= 15 is 0 Å². The summed E-state index contributed by atoms with van der Waals surface area (Å²) >= 11 is 0. The molecule has 1 fully saturated rings. The third-order valence-electron chi connectivity index (χ3n) is 3.46. The maximum atomic E-state index is 11.3. The summed E-state index contributed by atoms with van der Waals surface area (Å²) in [6.45, 7) is 4.49. The minimum Gasteiger partial charge on any atom is -0.370 e. The lowest BCUT2D eigenvalue weighted by atomic mass is 10.2. The van der Waals surface area contributed by atoms with Gasteiger partial charge in [0.2, 0.25) is 0 Å². The first-order valence-corrected chi connectivity index (χ1v) is 8.83. The summed E-state index contributed by atoms with van der Waals surface area (Å²) in [4.78, 5) is 6.37. The molecule has 1 aromatic carbocycles. The highest BCUT2D eigenvalue weighted by molar-refractivity contribution is 7.91. The van der Waals surface area contributed by atoms with Crippen molar-refractivity contribution < 1.29 is 8.42 Å². The zero-order valence-electron chi connectivity index (χ0n) is 12.2. The largest absolute Gasteiger partial charge is 0.370 e. The van der Waals surface area contributed by atoms with E-state index in [1.165, 1.54) is 5.56 Å². The van der Waals surface area contributed by atoms with Crippen molar-refractivity contribution in [2.24, 2.45) is 10.7 Å². The highest BCUT2D eigenvalue weighted by Gasteiger charge is 2.20. The molecule has 0 unspecified atom stereocenters. The fourth-order valence-corrected chi connectivity index (χ4v) is 3.39. The molecule has 3 N–H and O–H groups in total. The molecule has 1 aliphatic rings. The summed E-state index contributed by atoms with van der Waals surface area (Å²) in [6.07, 6.45) is 0. The molecule has 1 aromatic rings. The van der Waals surface area contributed by atoms with Crippen LogP contribution in [0, 0.1) is 6.92 Å². The molecule has 2 rings (SSSR count). The Morgan fingerprint density at radius 3 is 2.52 bits per heavy atom. The normalized spacial score (nSPS) is 19.4. The van der Waals surface area contributed by atoms with Gasteiger partial charge >= 0.3 is 0 Å². The van der Waals surface area contributed by atoms with Crippen LogP contribution in [0.15, 0.2) is 29.3 Å². The standard InChI is InChI=1S/C14H22N4O2S/c1-12-2-4-13(5-3-12)17-14(15)16-6-7-18-8-10-21(19,20)11-9-18/h2-5H,6-11H2,1H3,(H3,15,16,17). The topological polar surface area (TPSA) is 87.8 Å². The second-order valence-electron chi connectivity index (χ2n) is 5.25. The highest BCUT2D eigenvalue weighted by atomic mass is 32.2. The number of guanidine groups is 1. The number of nitrogens with two attached hydrogens (primary N) is 1. The second-order valence-corrected chi connectivity index (χ2v) is 7.56. The molecular weight excluding hydrogens is 288 g/mol. The first-order chi connectivity index (χ1) is 9.94. The van der Waals surface area contributed by atoms with Crippen LogP contribution in [0.3, 0.4) is 0 Å². The molecule has 0 aromatic heterocycles. The molecule has 1 heterocycles. The molecule has 6 nitrogen and oxygen atoms in total. The van der Waals surface area contributed by atoms with E-state index in [2.05, 4.69) is 15.2 Å². The summed E-state index contributed by atoms with van der Waals surface area (Å²) in [5, 5.41) is 3.03. The first kappa shape index (κ1) is 15.8. The van der Waals surface area contributed by atoms with Crippen molar-refractivity contribution in [2.75, 3.05) is 43.0 Å². The van der Waals surface area contributed by atoms with Crippen molar-refractivity contribution >= 4 is 21.5 Å². The molecule has 0 amide bonds. The van der Waals surface area contributed by atoms with Crippen LogP contribution in [0.4, 0.5) is 5.69 Å². The molecule has 0 saturated carbocycles. The summed E-state index contributed by atoms with van der Waals surface area (Å²) < 4.78 is 22.6. The van der Waals surface area contributed by atoms with Crippen molar-refractivity contribution in [1.29, 1.82) is 0 Å². The minimum absolute atomic E-state index is 0.244. The van der Waals surface area contributed by atoms with Gasteiger partial charge in [-0.3, -0.25) is 9.89 Å². The van der Waals surface area contributed by atoms with E-state index in [1.807, 2.05) is 31.2 Å². The average Bonchev–Trinajstić information content (AvgIpc) is 2.43. The summed E-state index contributed by atoms with van der Waals surface area (Å²) in [7, 11) is -2.82. The van der Waals surface area contributed by atoms with Gasteiger partial charge < -0.3 is 11.1 Å². The fraction of sp³-hybridized carbons (Fsp3) is 0.500. The fourth-order valence-electron chi connectivity index (χ4n) is 2.11. The smallest absolute Gasteiger partial charge is 0.193 e. The van der Waals surface area contributed by atoms with Crippen LogP contribution < -0.4 is 11.1 Å². The third kappa shape index (κ3) is 5.35. The van der Waals surface area contributed by atoms with Gasteiger partial charge in [-0.1, -0.05) is 17.7 Å².